The molecule has 0 aliphatic carbocycles. The van der Waals surface area contributed by atoms with Crippen molar-refractivity contribution in [2.24, 2.45) is 0 Å². The minimum atomic E-state index is -0.391. The summed E-state index contributed by atoms with van der Waals surface area (Å²) in [6.45, 7) is 4.10. The molecule has 0 spiro atoms. The zero-order valence-corrected chi connectivity index (χ0v) is 13.9. The zero-order chi connectivity index (χ0) is 17.5. The first-order chi connectivity index (χ1) is 11.5. The Kier molecular flexibility index (Phi) is 6.07. The van der Waals surface area contributed by atoms with E-state index in [0.717, 1.165) is 11.3 Å². The van der Waals surface area contributed by atoms with Crippen LogP contribution in [0.5, 0.6) is 0 Å². The van der Waals surface area contributed by atoms with Crippen LogP contribution in [-0.4, -0.2) is 24.9 Å². The van der Waals surface area contributed by atoms with Gasteiger partial charge in [-0.2, -0.15) is 0 Å². The molecule has 0 saturated heterocycles. The molecule has 0 heterocycles. The molecule has 2 amide bonds. The van der Waals surface area contributed by atoms with Crippen LogP contribution in [0, 0.1) is 12.7 Å². The third kappa shape index (κ3) is 4.65. The van der Waals surface area contributed by atoms with Gasteiger partial charge < -0.3 is 10.2 Å². The van der Waals surface area contributed by atoms with Gasteiger partial charge in [0.25, 0.3) is 0 Å². The van der Waals surface area contributed by atoms with Gasteiger partial charge in [-0.1, -0.05) is 36.4 Å². The Hall–Kier alpha value is -2.69. The highest BCUT2D eigenvalue weighted by Gasteiger charge is 2.14. The predicted octanol–water partition coefficient (Wildman–Crippen LogP) is 2.85. The number of aryl methyl sites for hydroxylation is 1. The normalized spacial score (nSPS) is 10.3. The lowest BCUT2D eigenvalue weighted by atomic mass is 10.1. The molecule has 2 aromatic carbocycles. The van der Waals surface area contributed by atoms with Crippen molar-refractivity contribution in [3.63, 3.8) is 0 Å². The predicted molar refractivity (Wildman–Crippen MR) is 92.3 cm³/mol. The molecule has 0 aliphatic rings. The Morgan fingerprint density at radius 3 is 2.42 bits per heavy atom. The Morgan fingerprint density at radius 2 is 1.75 bits per heavy atom. The van der Waals surface area contributed by atoms with E-state index in [1.807, 2.05) is 31.2 Å². The number of carbonyl (C=O) groups is 2. The van der Waals surface area contributed by atoms with Gasteiger partial charge in [0.05, 0.1) is 6.42 Å². The molecule has 0 radical (unpaired) electrons. The number of anilines is 1. The summed E-state index contributed by atoms with van der Waals surface area (Å²) in [7, 11) is 0. The smallest absolute Gasteiger partial charge is 0.224 e. The van der Waals surface area contributed by atoms with Gasteiger partial charge in [-0.05, 0) is 30.2 Å². The standard InChI is InChI=1S/C19H21FN2O2/c1-14-7-3-6-10-18(14)22(15(2)23)12-11-21-19(24)13-16-8-4-5-9-17(16)20/h3-10H,11-13H2,1-2H3,(H,21,24). The van der Waals surface area contributed by atoms with E-state index in [0.29, 0.717) is 18.7 Å². The van der Waals surface area contributed by atoms with Crippen LogP contribution in [-0.2, 0) is 16.0 Å². The number of rotatable bonds is 6. The van der Waals surface area contributed by atoms with Crippen molar-refractivity contribution >= 4 is 17.5 Å². The SMILES string of the molecule is CC(=O)N(CCNC(=O)Cc1ccccc1F)c1ccccc1C. The number of hydrogen-bond donors (Lipinski definition) is 1. The quantitative estimate of drug-likeness (QED) is 0.886. The third-order valence-corrected chi connectivity index (χ3v) is 3.75. The Balaban J connectivity index is 1.92. The highest BCUT2D eigenvalue weighted by Crippen LogP contribution is 2.19. The summed E-state index contributed by atoms with van der Waals surface area (Å²) in [5.41, 5.74) is 2.18. The van der Waals surface area contributed by atoms with E-state index >= 15 is 0 Å². The highest BCUT2D eigenvalue weighted by atomic mass is 19.1. The fourth-order valence-electron chi connectivity index (χ4n) is 2.50. The molecule has 0 fully saturated rings. The van der Waals surface area contributed by atoms with Gasteiger partial charge in [0, 0.05) is 25.7 Å². The maximum absolute atomic E-state index is 13.5. The summed E-state index contributed by atoms with van der Waals surface area (Å²) >= 11 is 0. The second-order valence-corrected chi connectivity index (χ2v) is 5.58. The van der Waals surface area contributed by atoms with Crippen LogP contribution >= 0.6 is 0 Å². The molecule has 0 unspecified atom stereocenters. The molecule has 2 rings (SSSR count). The second-order valence-electron chi connectivity index (χ2n) is 5.58. The monoisotopic (exact) mass is 328 g/mol. The van der Waals surface area contributed by atoms with Crippen LogP contribution in [0.25, 0.3) is 0 Å². The summed E-state index contributed by atoms with van der Waals surface area (Å²) in [6.07, 6.45) is -0.0168. The fraction of sp³-hybridized carbons (Fsp3) is 0.263. The van der Waals surface area contributed by atoms with Gasteiger partial charge in [0.15, 0.2) is 0 Å². The van der Waals surface area contributed by atoms with Crippen LogP contribution in [0.15, 0.2) is 48.5 Å². The summed E-state index contributed by atoms with van der Waals surface area (Å²) in [4.78, 5) is 25.4. The minimum Gasteiger partial charge on any atom is -0.354 e. The molecule has 0 aliphatic heterocycles. The molecule has 0 saturated carbocycles. The van der Waals surface area contributed by atoms with Crippen molar-refractivity contribution in [1.29, 1.82) is 0 Å². The molecule has 4 nitrogen and oxygen atoms in total. The number of halogens is 1. The van der Waals surface area contributed by atoms with Crippen LogP contribution in [0.3, 0.4) is 0 Å². The lowest BCUT2D eigenvalue weighted by molar-refractivity contribution is -0.121. The molecule has 0 bridgehead atoms. The maximum Gasteiger partial charge on any atom is 0.224 e. The topological polar surface area (TPSA) is 49.4 Å². The molecule has 2 aromatic rings. The fourth-order valence-corrected chi connectivity index (χ4v) is 2.50. The van der Waals surface area contributed by atoms with Gasteiger partial charge in [-0.25, -0.2) is 4.39 Å². The first-order valence-electron chi connectivity index (χ1n) is 7.83. The van der Waals surface area contributed by atoms with Crippen molar-refractivity contribution in [3.8, 4) is 0 Å². The number of benzene rings is 2. The number of amides is 2. The molecule has 24 heavy (non-hydrogen) atoms. The average Bonchev–Trinajstić information content (AvgIpc) is 2.54. The van der Waals surface area contributed by atoms with Gasteiger partial charge in [0.2, 0.25) is 11.8 Å². The summed E-state index contributed by atoms with van der Waals surface area (Å²) in [5, 5.41) is 2.73. The largest absolute Gasteiger partial charge is 0.354 e. The van der Waals surface area contributed by atoms with Crippen molar-refractivity contribution < 1.29 is 14.0 Å². The Labute approximate surface area is 141 Å². The highest BCUT2D eigenvalue weighted by molar-refractivity contribution is 5.92. The lowest BCUT2D eigenvalue weighted by Gasteiger charge is -2.23. The number of carbonyl (C=O) groups excluding carboxylic acids is 2. The van der Waals surface area contributed by atoms with Crippen LogP contribution in [0.4, 0.5) is 10.1 Å². The lowest BCUT2D eigenvalue weighted by Crippen LogP contribution is -2.38. The van der Waals surface area contributed by atoms with E-state index in [9.17, 15) is 14.0 Å². The van der Waals surface area contributed by atoms with Gasteiger partial charge in [0.1, 0.15) is 5.82 Å². The van der Waals surface area contributed by atoms with Crippen molar-refractivity contribution in [3.05, 3.63) is 65.5 Å². The van der Waals surface area contributed by atoms with Gasteiger partial charge in [-0.15, -0.1) is 0 Å². The van der Waals surface area contributed by atoms with E-state index in [1.54, 1.807) is 23.1 Å². The van der Waals surface area contributed by atoms with E-state index in [4.69, 9.17) is 0 Å². The molecule has 5 heteroatoms. The summed E-state index contributed by atoms with van der Waals surface area (Å²) < 4.78 is 13.5. The van der Waals surface area contributed by atoms with Crippen LogP contribution in [0.2, 0.25) is 0 Å². The number of nitrogens with one attached hydrogen (secondary N) is 1. The summed E-state index contributed by atoms with van der Waals surface area (Å²) in [6, 6.07) is 13.8. The van der Waals surface area contributed by atoms with Crippen molar-refractivity contribution in [2.75, 3.05) is 18.0 Å². The van der Waals surface area contributed by atoms with Gasteiger partial charge in [-0.3, -0.25) is 9.59 Å². The minimum absolute atomic E-state index is 0.0168. The van der Waals surface area contributed by atoms with E-state index in [-0.39, 0.29) is 18.2 Å². The van der Waals surface area contributed by atoms with Crippen LogP contribution in [0.1, 0.15) is 18.1 Å². The van der Waals surface area contributed by atoms with E-state index in [1.165, 1.54) is 13.0 Å². The molecule has 1 N–H and O–H groups in total. The number of nitrogens with zero attached hydrogens (tertiary/aromatic N) is 1. The molecule has 0 aromatic heterocycles. The average molecular weight is 328 g/mol. The number of hydrogen-bond acceptors (Lipinski definition) is 2. The number of para-hydroxylation sites is 1. The first kappa shape index (κ1) is 17.7. The van der Waals surface area contributed by atoms with Crippen molar-refractivity contribution in [2.45, 2.75) is 20.3 Å². The molecular formula is C19H21FN2O2. The molecule has 126 valence electrons. The third-order valence-electron chi connectivity index (χ3n) is 3.75. The first-order valence-corrected chi connectivity index (χ1v) is 7.83. The van der Waals surface area contributed by atoms with Crippen molar-refractivity contribution in [1.82, 2.24) is 5.32 Å². The Morgan fingerprint density at radius 1 is 1.08 bits per heavy atom. The zero-order valence-electron chi connectivity index (χ0n) is 13.9. The summed E-state index contributed by atoms with van der Waals surface area (Å²) in [5.74, 6) is -0.751. The van der Waals surface area contributed by atoms with E-state index in [2.05, 4.69) is 5.32 Å². The van der Waals surface area contributed by atoms with Crippen LogP contribution < -0.4 is 10.2 Å². The van der Waals surface area contributed by atoms with E-state index < -0.39 is 5.82 Å². The maximum atomic E-state index is 13.5. The molecule has 0 atom stereocenters. The molecular weight excluding hydrogens is 307 g/mol. The second kappa shape index (κ2) is 8.24. The van der Waals surface area contributed by atoms with Gasteiger partial charge >= 0.3 is 0 Å². The Bertz CT molecular complexity index is 731.